The molecule has 2 nitrogen and oxygen atoms in total. The summed E-state index contributed by atoms with van der Waals surface area (Å²) in [6, 6.07) is 0. The summed E-state index contributed by atoms with van der Waals surface area (Å²) < 4.78 is 0.787. The number of aromatic nitrogens is 2. The quantitative estimate of drug-likeness (QED) is 0.739. The standard InChI is InChI=1S/C12H20N2S/c1-4-12(2,3)8-5-6-9-10(7-8)14-11(15)13-9/h8H,4-7H2,1-3H3,(H2,13,14,15). The molecule has 2 N–H and O–H groups in total. The monoisotopic (exact) mass is 224 g/mol. The van der Waals surface area contributed by atoms with Crippen LogP contribution in [0.3, 0.4) is 0 Å². The van der Waals surface area contributed by atoms with E-state index in [0.717, 1.165) is 23.5 Å². The van der Waals surface area contributed by atoms with Crippen LogP contribution in [-0.4, -0.2) is 9.97 Å². The Labute approximate surface area is 96.5 Å². The Morgan fingerprint density at radius 1 is 1.33 bits per heavy atom. The fourth-order valence-electron chi connectivity index (χ4n) is 2.47. The Balaban J connectivity index is 2.22. The molecule has 84 valence electrons. The average Bonchev–Trinajstić information content (AvgIpc) is 2.56. The second-order valence-corrected chi connectivity index (χ2v) is 5.73. The fourth-order valence-corrected chi connectivity index (χ4v) is 2.71. The molecule has 0 spiro atoms. The van der Waals surface area contributed by atoms with Gasteiger partial charge >= 0.3 is 0 Å². The van der Waals surface area contributed by atoms with E-state index in [-0.39, 0.29) is 0 Å². The topological polar surface area (TPSA) is 31.6 Å². The van der Waals surface area contributed by atoms with E-state index in [1.54, 1.807) is 0 Å². The molecule has 2 rings (SSSR count). The van der Waals surface area contributed by atoms with Crippen LogP contribution in [0, 0.1) is 16.1 Å². The van der Waals surface area contributed by atoms with Crippen LogP contribution in [0.1, 0.15) is 45.0 Å². The number of hydrogen-bond acceptors (Lipinski definition) is 1. The second kappa shape index (κ2) is 3.78. The van der Waals surface area contributed by atoms with Gasteiger partial charge in [-0.15, -0.1) is 0 Å². The second-order valence-electron chi connectivity index (χ2n) is 5.32. The molecule has 15 heavy (non-hydrogen) atoms. The van der Waals surface area contributed by atoms with Crippen molar-refractivity contribution < 1.29 is 0 Å². The van der Waals surface area contributed by atoms with Crippen molar-refractivity contribution in [2.45, 2.75) is 46.5 Å². The molecular formula is C12H20N2S. The van der Waals surface area contributed by atoms with E-state index < -0.39 is 0 Å². The molecule has 0 saturated heterocycles. The van der Waals surface area contributed by atoms with Gasteiger partial charge in [0.25, 0.3) is 0 Å². The minimum atomic E-state index is 0.449. The zero-order chi connectivity index (χ0) is 11.1. The predicted octanol–water partition coefficient (Wildman–Crippen LogP) is 3.61. The van der Waals surface area contributed by atoms with Crippen LogP contribution in [0.4, 0.5) is 0 Å². The number of hydrogen-bond donors (Lipinski definition) is 2. The van der Waals surface area contributed by atoms with E-state index in [0.29, 0.717) is 5.41 Å². The van der Waals surface area contributed by atoms with Gasteiger partial charge in [-0.05, 0) is 42.8 Å². The van der Waals surface area contributed by atoms with E-state index in [4.69, 9.17) is 12.2 Å². The van der Waals surface area contributed by atoms with E-state index >= 15 is 0 Å². The molecule has 0 saturated carbocycles. The van der Waals surface area contributed by atoms with E-state index in [1.807, 2.05) is 0 Å². The zero-order valence-corrected chi connectivity index (χ0v) is 10.6. The zero-order valence-electron chi connectivity index (χ0n) is 9.81. The molecule has 3 heteroatoms. The summed E-state index contributed by atoms with van der Waals surface area (Å²) in [5, 5.41) is 0. The van der Waals surface area contributed by atoms with Crippen molar-refractivity contribution in [3.63, 3.8) is 0 Å². The van der Waals surface area contributed by atoms with Crippen molar-refractivity contribution in [2.24, 2.45) is 11.3 Å². The lowest BCUT2D eigenvalue weighted by molar-refractivity contribution is 0.181. The van der Waals surface area contributed by atoms with Crippen LogP contribution >= 0.6 is 12.2 Å². The molecule has 0 bridgehead atoms. The Morgan fingerprint density at radius 3 is 2.67 bits per heavy atom. The summed E-state index contributed by atoms with van der Waals surface area (Å²) in [6.07, 6.45) is 4.84. The van der Waals surface area contributed by atoms with Gasteiger partial charge in [-0.2, -0.15) is 0 Å². The summed E-state index contributed by atoms with van der Waals surface area (Å²) in [4.78, 5) is 6.53. The van der Waals surface area contributed by atoms with Crippen molar-refractivity contribution in [1.29, 1.82) is 0 Å². The van der Waals surface area contributed by atoms with Crippen LogP contribution in [0.5, 0.6) is 0 Å². The molecule has 1 aromatic heterocycles. The van der Waals surface area contributed by atoms with Crippen LogP contribution < -0.4 is 0 Å². The van der Waals surface area contributed by atoms with Gasteiger partial charge in [0.1, 0.15) is 0 Å². The highest BCUT2D eigenvalue weighted by molar-refractivity contribution is 7.71. The third-order valence-electron chi connectivity index (χ3n) is 4.10. The van der Waals surface area contributed by atoms with Gasteiger partial charge in [-0.25, -0.2) is 0 Å². The number of imidazole rings is 1. The molecule has 0 fully saturated rings. The first-order valence-corrected chi connectivity index (χ1v) is 6.24. The van der Waals surface area contributed by atoms with Gasteiger partial charge in [0.2, 0.25) is 0 Å². The minimum Gasteiger partial charge on any atom is -0.334 e. The maximum Gasteiger partial charge on any atom is 0.174 e. The summed E-state index contributed by atoms with van der Waals surface area (Å²) in [5.41, 5.74) is 3.13. The van der Waals surface area contributed by atoms with Crippen LogP contribution in [0.2, 0.25) is 0 Å². The smallest absolute Gasteiger partial charge is 0.174 e. The van der Waals surface area contributed by atoms with Gasteiger partial charge in [0.15, 0.2) is 4.77 Å². The summed E-state index contributed by atoms with van der Waals surface area (Å²) >= 11 is 5.13. The lowest BCUT2D eigenvalue weighted by Crippen LogP contribution is -2.29. The van der Waals surface area contributed by atoms with Crippen molar-refractivity contribution in [2.75, 3.05) is 0 Å². The first-order chi connectivity index (χ1) is 7.03. The summed E-state index contributed by atoms with van der Waals surface area (Å²) in [5.74, 6) is 0.788. The maximum atomic E-state index is 5.13. The van der Waals surface area contributed by atoms with Crippen molar-refractivity contribution in [1.82, 2.24) is 9.97 Å². The normalized spacial score (nSPS) is 21.4. The van der Waals surface area contributed by atoms with Crippen LogP contribution in [-0.2, 0) is 12.8 Å². The largest absolute Gasteiger partial charge is 0.334 e. The number of H-pyrrole nitrogens is 2. The molecule has 1 aromatic rings. The van der Waals surface area contributed by atoms with E-state index in [2.05, 4.69) is 30.7 Å². The first kappa shape index (κ1) is 10.9. The van der Waals surface area contributed by atoms with Gasteiger partial charge in [-0.3, -0.25) is 0 Å². The predicted molar refractivity (Wildman–Crippen MR) is 65.6 cm³/mol. The highest BCUT2D eigenvalue weighted by atomic mass is 32.1. The van der Waals surface area contributed by atoms with Crippen molar-refractivity contribution in [3.8, 4) is 0 Å². The third kappa shape index (κ3) is 2.03. The molecule has 0 aromatic carbocycles. The average molecular weight is 224 g/mol. The number of nitrogens with one attached hydrogen (secondary N) is 2. The van der Waals surface area contributed by atoms with Gasteiger partial charge in [0.05, 0.1) is 0 Å². The Kier molecular flexibility index (Phi) is 2.75. The highest BCUT2D eigenvalue weighted by Crippen LogP contribution is 2.38. The maximum absolute atomic E-state index is 5.13. The molecule has 0 amide bonds. The first-order valence-electron chi connectivity index (χ1n) is 5.83. The lowest BCUT2D eigenvalue weighted by Gasteiger charge is -2.35. The Morgan fingerprint density at radius 2 is 2.00 bits per heavy atom. The minimum absolute atomic E-state index is 0.449. The molecule has 1 atom stereocenters. The third-order valence-corrected chi connectivity index (χ3v) is 4.31. The number of aryl methyl sites for hydroxylation is 1. The van der Waals surface area contributed by atoms with Gasteiger partial charge in [0, 0.05) is 11.4 Å². The molecule has 1 aliphatic carbocycles. The highest BCUT2D eigenvalue weighted by Gasteiger charge is 2.31. The van der Waals surface area contributed by atoms with Gasteiger partial charge < -0.3 is 9.97 Å². The summed E-state index contributed by atoms with van der Waals surface area (Å²) in [6.45, 7) is 7.04. The fraction of sp³-hybridized carbons (Fsp3) is 0.750. The van der Waals surface area contributed by atoms with Gasteiger partial charge in [-0.1, -0.05) is 27.2 Å². The Hall–Kier alpha value is -0.570. The summed E-state index contributed by atoms with van der Waals surface area (Å²) in [7, 11) is 0. The van der Waals surface area contributed by atoms with Crippen LogP contribution in [0.25, 0.3) is 0 Å². The van der Waals surface area contributed by atoms with Crippen LogP contribution in [0.15, 0.2) is 0 Å². The SMILES string of the molecule is CCC(C)(C)C1CCc2[nH]c(=S)[nH]c2C1. The van der Waals surface area contributed by atoms with E-state index in [1.165, 1.54) is 24.2 Å². The molecule has 0 radical (unpaired) electrons. The molecule has 0 aliphatic heterocycles. The van der Waals surface area contributed by atoms with Crippen molar-refractivity contribution in [3.05, 3.63) is 16.2 Å². The number of rotatable bonds is 2. The molecule has 1 unspecified atom stereocenters. The lowest BCUT2D eigenvalue weighted by atomic mass is 9.70. The Bertz CT molecular complexity index is 400. The number of fused-ring (bicyclic) bond motifs is 1. The number of aromatic amines is 2. The van der Waals surface area contributed by atoms with E-state index in [9.17, 15) is 0 Å². The molecular weight excluding hydrogens is 204 g/mol. The molecule has 1 aliphatic rings. The van der Waals surface area contributed by atoms with Crippen molar-refractivity contribution >= 4 is 12.2 Å². The molecule has 1 heterocycles.